The molecule has 0 saturated carbocycles. The van der Waals surface area contributed by atoms with Crippen molar-refractivity contribution in [3.05, 3.63) is 84.0 Å². The van der Waals surface area contributed by atoms with Crippen molar-refractivity contribution in [1.82, 2.24) is 5.32 Å². The highest BCUT2D eigenvalue weighted by molar-refractivity contribution is 6.00. The fraction of sp³-hybridized carbons (Fsp3) is 0.240. The Labute approximate surface area is 184 Å². The van der Waals surface area contributed by atoms with Crippen LogP contribution in [0.5, 0.6) is 0 Å². The Hall–Kier alpha value is -3.74. The van der Waals surface area contributed by atoms with E-state index in [1.807, 2.05) is 48.5 Å². The van der Waals surface area contributed by atoms with Crippen LogP contribution in [0.25, 0.3) is 11.1 Å². The summed E-state index contributed by atoms with van der Waals surface area (Å²) in [5.41, 5.74) is 2.22. The number of allylic oxidation sites excluding steroid dienone is 4. The summed E-state index contributed by atoms with van der Waals surface area (Å²) in [4.78, 5) is 35.9. The topological polar surface area (TPSA) is 81.7 Å². The fourth-order valence-corrected chi connectivity index (χ4v) is 4.12. The Kier molecular flexibility index (Phi) is 5.90. The number of amides is 1. The number of methoxy groups -OCH3 is 1. The number of benzene rings is 2. The summed E-state index contributed by atoms with van der Waals surface area (Å²) in [5.74, 6) is -1.31. The van der Waals surface area contributed by atoms with Crippen molar-refractivity contribution in [3.63, 3.8) is 0 Å². The Morgan fingerprint density at radius 3 is 2.16 bits per heavy atom. The molecular formula is C25H22FNO5. The lowest BCUT2D eigenvalue weighted by Gasteiger charge is -2.25. The van der Waals surface area contributed by atoms with Crippen LogP contribution in [0.1, 0.15) is 23.5 Å². The SMILES string of the molecule is COC(=O)[C@H](CC1(F)C=CC(=O)C=C1)NC(=O)OCC1c2ccccc2-c2ccccc21. The summed E-state index contributed by atoms with van der Waals surface area (Å²) in [6.45, 7) is 0.0584. The predicted octanol–water partition coefficient (Wildman–Crippen LogP) is 3.86. The Morgan fingerprint density at radius 1 is 1.03 bits per heavy atom. The third-order valence-electron chi connectivity index (χ3n) is 5.69. The smallest absolute Gasteiger partial charge is 0.407 e. The number of ether oxygens (including phenoxy) is 2. The van der Waals surface area contributed by atoms with Crippen molar-refractivity contribution in [2.45, 2.75) is 24.0 Å². The van der Waals surface area contributed by atoms with Gasteiger partial charge in [-0.3, -0.25) is 4.79 Å². The molecule has 0 fully saturated rings. The largest absolute Gasteiger partial charge is 0.467 e. The minimum atomic E-state index is -2.07. The van der Waals surface area contributed by atoms with Crippen molar-refractivity contribution in [2.24, 2.45) is 0 Å². The molecule has 1 N–H and O–H groups in total. The first-order chi connectivity index (χ1) is 15.4. The lowest BCUT2D eigenvalue weighted by Crippen LogP contribution is -2.46. The van der Waals surface area contributed by atoms with Gasteiger partial charge in [-0.2, -0.15) is 0 Å². The number of halogens is 1. The molecule has 2 aromatic rings. The van der Waals surface area contributed by atoms with E-state index < -0.39 is 30.2 Å². The molecular weight excluding hydrogens is 413 g/mol. The molecule has 1 atom stereocenters. The van der Waals surface area contributed by atoms with Gasteiger partial charge < -0.3 is 14.8 Å². The van der Waals surface area contributed by atoms with Crippen LogP contribution < -0.4 is 5.32 Å². The van der Waals surface area contributed by atoms with Crippen LogP contribution in [0.3, 0.4) is 0 Å². The molecule has 0 unspecified atom stereocenters. The van der Waals surface area contributed by atoms with Crippen molar-refractivity contribution in [2.75, 3.05) is 13.7 Å². The number of carbonyl (C=O) groups is 3. The normalized spacial score (nSPS) is 16.8. The van der Waals surface area contributed by atoms with E-state index in [0.29, 0.717) is 0 Å². The first kappa shape index (κ1) is 21.5. The molecule has 164 valence electrons. The van der Waals surface area contributed by atoms with Crippen molar-refractivity contribution < 1.29 is 28.2 Å². The van der Waals surface area contributed by atoms with E-state index in [9.17, 15) is 18.8 Å². The average molecular weight is 435 g/mol. The minimum Gasteiger partial charge on any atom is -0.467 e. The number of rotatable bonds is 6. The molecule has 0 bridgehead atoms. The van der Waals surface area contributed by atoms with Crippen molar-refractivity contribution >= 4 is 17.8 Å². The number of ketones is 1. The number of nitrogens with one attached hydrogen (secondary N) is 1. The third kappa shape index (κ3) is 4.32. The molecule has 0 heterocycles. The highest BCUT2D eigenvalue weighted by atomic mass is 19.1. The van der Waals surface area contributed by atoms with E-state index in [1.165, 1.54) is 0 Å². The maximum Gasteiger partial charge on any atom is 0.407 e. The minimum absolute atomic E-state index is 0.0584. The van der Waals surface area contributed by atoms with Gasteiger partial charge in [-0.15, -0.1) is 0 Å². The van der Waals surface area contributed by atoms with Crippen LogP contribution >= 0.6 is 0 Å². The van der Waals surface area contributed by atoms with Crippen molar-refractivity contribution in [3.8, 4) is 11.1 Å². The summed E-state index contributed by atoms with van der Waals surface area (Å²) in [7, 11) is 1.15. The second-order valence-corrected chi connectivity index (χ2v) is 7.75. The highest BCUT2D eigenvalue weighted by Gasteiger charge is 2.35. The van der Waals surface area contributed by atoms with E-state index in [0.717, 1.165) is 53.7 Å². The van der Waals surface area contributed by atoms with E-state index in [4.69, 9.17) is 9.47 Å². The standard InChI is InChI=1S/C25H22FNO5/c1-31-23(29)22(14-25(26)12-10-16(28)11-13-25)27-24(30)32-15-21-19-8-4-2-6-17(19)18-7-3-5-9-20(18)21/h2-13,21-22H,14-15H2,1H3,(H,27,30)/t22-/m0/s1. The number of hydrogen-bond donors (Lipinski definition) is 1. The van der Waals surface area contributed by atoms with Crippen LogP contribution in [0.2, 0.25) is 0 Å². The summed E-state index contributed by atoms with van der Waals surface area (Å²) in [6.07, 6.45) is 3.01. The van der Waals surface area contributed by atoms with E-state index in [-0.39, 0.29) is 18.3 Å². The van der Waals surface area contributed by atoms with Gasteiger partial charge in [0.1, 0.15) is 12.6 Å². The summed E-state index contributed by atoms with van der Waals surface area (Å²) in [6, 6.07) is 14.5. The number of alkyl halides is 1. The molecule has 0 saturated heterocycles. The molecule has 32 heavy (non-hydrogen) atoms. The molecule has 0 aromatic heterocycles. The summed E-state index contributed by atoms with van der Waals surface area (Å²) >= 11 is 0. The number of alkyl carbamates (subject to hydrolysis) is 1. The first-order valence-electron chi connectivity index (χ1n) is 10.2. The lowest BCUT2D eigenvalue weighted by molar-refractivity contribution is -0.143. The zero-order chi connectivity index (χ0) is 22.7. The molecule has 1 amide bonds. The Morgan fingerprint density at radius 2 is 1.59 bits per heavy atom. The molecule has 0 radical (unpaired) electrons. The van der Waals surface area contributed by atoms with E-state index >= 15 is 0 Å². The monoisotopic (exact) mass is 435 g/mol. The predicted molar refractivity (Wildman–Crippen MR) is 116 cm³/mol. The molecule has 6 nitrogen and oxygen atoms in total. The average Bonchev–Trinajstić information content (AvgIpc) is 3.12. The van der Waals surface area contributed by atoms with Gasteiger partial charge in [0.15, 0.2) is 11.5 Å². The maximum absolute atomic E-state index is 15.0. The molecule has 4 rings (SSSR count). The quantitative estimate of drug-likeness (QED) is 0.697. The van der Waals surface area contributed by atoms with Gasteiger partial charge in [-0.25, -0.2) is 14.0 Å². The van der Waals surface area contributed by atoms with Gasteiger partial charge in [0, 0.05) is 12.3 Å². The molecule has 0 spiro atoms. The van der Waals surface area contributed by atoms with Crippen LogP contribution in [0, 0.1) is 0 Å². The molecule has 2 aliphatic rings. The van der Waals surface area contributed by atoms with Gasteiger partial charge in [0.25, 0.3) is 0 Å². The number of esters is 1. The van der Waals surface area contributed by atoms with Gasteiger partial charge in [-0.05, 0) is 46.6 Å². The summed E-state index contributed by atoms with van der Waals surface area (Å²) in [5, 5.41) is 2.39. The fourth-order valence-electron chi connectivity index (χ4n) is 4.12. The Bertz CT molecular complexity index is 1060. The third-order valence-corrected chi connectivity index (χ3v) is 5.69. The second-order valence-electron chi connectivity index (χ2n) is 7.75. The van der Waals surface area contributed by atoms with Gasteiger partial charge in [-0.1, -0.05) is 48.5 Å². The van der Waals surface area contributed by atoms with Crippen molar-refractivity contribution in [1.29, 1.82) is 0 Å². The maximum atomic E-state index is 15.0. The van der Waals surface area contributed by atoms with Gasteiger partial charge in [0.2, 0.25) is 0 Å². The number of hydrogen-bond acceptors (Lipinski definition) is 5. The second kappa shape index (κ2) is 8.78. The zero-order valence-corrected chi connectivity index (χ0v) is 17.4. The van der Waals surface area contributed by atoms with E-state index in [2.05, 4.69) is 5.32 Å². The first-order valence-corrected chi connectivity index (χ1v) is 10.2. The number of carbonyl (C=O) groups excluding carboxylic acids is 3. The number of fused-ring (bicyclic) bond motifs is 3. The molecule has 2 aromatic carbocycles. The van der Waals surface area contributed by atoms with Gasteiger partial charge >= 0.3 is 12.1 Å². The lowest BCUT2D eigenvalue weighted by atomic mass is 9.92. The van der Waals surface area contributed by atoms with Crippen LogP contribution in [0.15, 0.2) is 72.8 Å². The highest BCUT2D eigenvalue weighted by Crippen LogP contribution is 2.44. The van der Waals surface area contributed by atoms with Gasteiger partial charge in [0.05, 0.1) is 7.11 Å². The van der Waals surface area contributed by atoms with Crippen LogP contribution in [0.4, 0.5) is 9.18 Å². The molecule has 7 heteroatoms. The van der Waals surface area contributed by atoms with Crippen LogP contribution in [-0.2, 0) is 19.1 Å². The molecule has 2 aliphatic carbocycles. The molecule has 0 aliphatic heterocycles. The Balaban J connectivity index is 1.44. The zero-order valence-electron chi connectivity index (χ0n) is 17.4. The van der Waals surface area contributed by atoms with Crippen LogP contribution in [-0.4, -0.2) is 43.3 Å². The van der Waals surface area contributed by atoms with E-state index in [1.54, 1.807) is 0 Å². The summed E-state index contributed by atoms with van der Waals surface area (Å²) < 4.78 is 25.1.